The Kier molecular flexibility index (Phi) is 6.58. The number of esters is 1. The molecular formula is C19H20BrNO4. The second kappa shape index (κ2) is 8.67. The van der Waals surface area contributed by atoms with Crippen LogP contribution in [0.5, 0.6) is 5.75 Å². The van der Waals surface area contributed by atoms with Gasteiger partial charge in [-0.2, -0.15) is 0 Å². The number of halogens is 1. The van der Waals surface area contributed by atoms with Gasteiger partial charge in [0, 0.05) is 10.2 Å². The Morgan fingerprint density at radius 3 is 2.40 bits per heavy atom. The Hall–Kier alpha value is -2.34. The number of hydrogen-bond acceptors (Lipinski definition) is 4. The summed E-state index contributed by atoms with van der Waals surface area (Å²) in [6.07, 6.45) is -0.917. The smallest absolute Gasteiger partial charge is 0.344 e. The number of amides is 1. The molecule has 2 aromatic carbocycles. The number of hydrogen-bond donors (Lipinski definition) is 1. The molecular weight excluding hydrogens is 386 g/mol. The molecule has 0 bridgehead atoms. The van der Waals surface area contributed by atoms with Crippen molar-refractivity contribution in [2.75, 3.05) is 11.9 Å². The summed E-state index contributed by atoms with van der Waals surface area (Å²) in [6.45, 7) is 5.23. The van der Waals surface area contributed by atoms with Crippen molar-refractivity contribution in [2.24, 2.45) is 0 Å². The molecule has 0 aliphatic heterocycles. The van der Waals surface area contributed by atoms with Crippen molar-refractivity contribution in [2.45, 2.75) is 26.9 Å². The van der Waals surface area contributed by atoms with Gasteiger partial charge >= 0.3 is 5.97 Å². The van der Waals surface area contributed by atoms with Crippen molar-refractivity contribution in [1.82, 2.24) is 0 Å². The van der Waals surface area contributed by atoms with Crippen molar-refractivity contribution in [3.63, 3.8) is 0 Å². The third kappa shape index (κ3) is 5.90. The molecule has 6 heteroatoms. The Morgan fingerprint density at radius 1 is 1.08 bits per heavy atom. The maximum Gasteiger partial charge on any atom is 0.344 e. The van der Waals surface area contributed by atoms with Crippen molar-refractivity contribution >= 4 is 33.5 Å². The second-order valence-corrected chi connectivity index (χ2v) is 6.58. The minimum Gasteiger partial charge on any atom is -0.482 e. The van der Waals surface area contributed by atoms with Gasteiger partial charge in [0.2, 0.25) is 0 Å². The zero-order valence-electron chi connectivity index (χ0n) is 14.3. The van der Waals surface area contributed by atoms with E-state index in [1.807, 2.05) is 38.1 Å². The first-order valence-corrected chi connectivity index (χ1v) is 8.60. The van der Waals surface area contributed by atoms with E-state index < -0.39 is 18.0 Å². The highest BCUT2D eigenvalue weighted by Gasteiger charge is 2.18. The van der Waals surface area contributed by atoms with Gasteiger partial charge in [0.15, 0.2) is 12.7 Å². The van der Waals surface area contributed by atoms with Crippen LogP contribution in [0.3, 0.4) is 0 Å². The SMILES string of the molecule is Cc1ccc(OCC(=O)O[C@H](C)C(=O)Nc2ccc(Br)cc2)cc1C. The van der Waals surface area contributed by atoms with Gasteiger partial charge in [-0.15, -0.1) is 0 Å². The maximum absolute atomic E-state index is 12.0. The summed E-state index contributed by atoms with van der Waals surface area (Å²) in [4.78, 5) is 23.9. The molecule has 132 valence electrons. The second-order valence-electron chi connectivity index (χ2n) is 5.66. The van der Waals surface area contributed by atoms with Gasteiger partial charge in [0.05, 0.1) is 0 Å². The van der Waals surface area contributed by atoms with Crippen molar-refractivity contribution in [1.29, 1.82) is 0 Å². The molecule has 0 heterocycles. The fraction of sp³-hybridized carbons (Fsp3) is 0.263. The first-order valence-electron chi connectivity index (χ1n) is 7.81. The molecule has 25 heavy (non-hydrogen) atoms. The highest BCUT2D eigenvalue weighted by molar-refractivity contribution is 9.10. The van der Waals surface area contributed by atoms with Crippen LogP contribution in [0.4, 0.5) is 5.69 Å². The summed E-state index contributed by atoms with van der Waals surface area (Å²) in [5, 5.41) is 2.68. The highest BCUT2D eigenvalue weighted by Crippen LogP contribution is 2.17. The van der Waals surface area contributed by atoms with Crippen LogP contribution in [0.25, 0.3) is 0 Å². The quantitative estimate of drug-likeness (QED) is 0.737. The third-order valence-corrected chi connectivity index (χ3v) is 4.15. The van der Waals surface area contributed by atoms with E-state index in [4.69, 9.17) is 9.47 Å². The van der Waals surface area contributed by atoms with Gasteiger partial charge in [0.25, 0.3) is 5.91 Å². The van der Waals surface area contributed by atoms with E-state index in [9.17, 15) is 9.59 Å². The average Bonchev–Trinajstić information content (AvgIpc) is 2.58. The van der Waals surface area contributed by atoms with Gasteiger partial charge in [-0.3, -0.25) is 4.79 Å². The molecule has 0 fully saturated rings. The molecule has 2 rings (SSSR count). The Labute approximate surface area is 155 Å². The van der Waals surface area contributed by atoms with Crippen LogP contribution in [0, 0.1) is 13.8 Å². The molecule has 1 amide bonds. The lowest BCUT2D eigenvalue weighted by molar-refractivity contribution is -0.155. The maximum atomic E-state index is 12.0. The van der Waals surface area contributed by atoms with Crippen molar-refractivity contribution in [3.8, 4) is 5.75 Å². The predicted molar refractivity (Wildman–Crippen MR) is 99.7 cm³/mol. The standard InChI is InChI=1S/C19H20BrNO4/c1-12-4-9-17(10-13(12)2)24-11-18(22)25-14(3)19(23)21-16-7-5-15(20)6-8-16/h4-10,14H,11H2,1-3H3,(H,21,23)/t14-/m1/s1. The zero-order valence-corrected chi connectivity index (χ0v) is 15.9. The lowest BCUT2D eigenvalue weighted by Crippen LogP contribution is -2.31. The lowest BCUT2D eigenvalue weighted by atomic mass is 10.1. The van der Waals surface area contributed by atoms with E-state index in [1.54, 1.807) is 18.2 Å². The third-order valence-electron chi connectivity index (χ3n) is 3.62. The van der Waals surface area contributed by atoms with E-state index in [0.29, 0.717) is 11.4 Å². The van der Waals surface area contributed by atoms with E-state index in [-0.39, 0.29) is 6.61 Å². The molecule has 0 saturated heterocycles. The van der Waals surface area contributed by atoms with Crippen LogP contribution in [-0.2, 0) is 14.3 Å². The molecule has 2 aromatic rings. The van der Waals surface area contributed by atoms with Crippen molar-refractivity contribution < 1.29 is 19.1 Å². The van der Waals surface area contributed by atoms with Gasteiger partial charge in [-0.05, 0) is 68.3 Å². The summed E-state index contributed by atoms with van der Waals surface area (Å²) in [6, 6.07) is 12.7. The molecule has 0 radical (unpaired) electrons. The van der Waals surface area contributed by atoms with Gasteiger partial charge in [0.1, 0.15) is 5.75 Å². The average molecular weight is 406 g/mol. The molecule has 0 saturated carbocycles. The number of nitrogens with one attached hydrogen (secondary N) is 1. The minimum absolute atomic E-state index is 0.252. The number of benzene rings is 2. The largest absolute Gasteiger partial charge is 0.482 e. The Balaban J connectivity index is 1.81. The number of rotatable bonds is 6. The van der Waals surface area contributed by atoms with Crippen LogP contribution in [0.15, 0.2) is 46.9 Å². The highest BCUT2D eigenvalue weighted by atomic mass is 79.9. The monoisotopic (exact) mass is 405 g/mol. The lowest BCUT2D eigenvalue weighted by Gasteiger charge is -2.14. The predicted octanol–water partition coefficient (Wildman–Crippen LogP) is 4.02. The number of anilines is 1. The summed E-state index contributed by atoms with van der Waals surface area (Å²) in [5.41, 5.74) is 2.85. The number of carbonyl (C=O) groups excluding carboxylic acids is 2. The number of ether oxygens (including phenoxy) is 2. The van der Waals surface area contributed by atoms with Crippen molar-refractivity contribution in [3.05, 3.63) is 58.1 Å². The molecule has 0 spiro atoms. The number of carbonyl (C=O) groups is 2. The molecule has 1 atom stereocenters. The fourth-order valence-corrected chi connectivity index (χ4v) is 2.27. The van der Waals surface area contributed by atoms with Crippen LogP contribution < -0.4 is 10.1 Å². The molecule has 0 aromatic heterocycles. The zero-order chi connectivity index (χ0) is 18.4. The van der Waals surface area contributed by atoms with E-state index in [0.717, 1.165) is 15.6 Å². The number of aryl methyl sites for hydroxylation is 2. The normalized spacial score (nSPS) is 11.5. The Bertz CT molecular complexity index is 759. The summed E-state index contributed by atoms with van der Waals surface area (Å²) in [7, 11) is 0. The molecule has 0 unspecified atom stereocenters. The van der Waals surface area contributed by atoms with Crippen LogP contribution >= 0.6 is 15.9 Å². The van der Waals surface area contributed by atoms with E-state index in [1.165, 1.54) is 6.92 Å². The summed E-state index contributed by atoms with van der Waals surface area (Å²) >= 11 is 3.32. The molecule has 5 nitrogen and oxygen atoms in total. The topological polar surface area (TPSA) is 64.6 Å². The van der Waals surface area contributed by atoms with E-state index in [2.05, 4.69) is 21.2 Å². The van der Waals surface area contributed by atoms with Gasteiger partial charge in [-0.1, -0.05) is 22.0 Å². The summed E-state index contributed by atoms with van der Waals surface area (Å²) in [5.74, 6) is -0.412. The van der Waals surface area contributed by atoms with Gasteiger partial charge < -0.3 is 14.8 Å². The molecule has 0 aliphatic carbocycles. The van der Waals surface area contributed by atoms with E-state index >= 15 is 0 Å². The first-order chi connectivity index (χ1) is 11.8. The van der Waals surface area contributed by atoms with Gasteiger partial charge in [-0.25, -0.2) is 4.79 Å². The Morgan fingerprint density at radius 2 is 1.76 bits per heavy atom. The van der Waals surface area contributed by atoms with Crippen LogP contribution in [0.2, 0.25) is 0 Å². The molecule has 1 N–H and O–H groups in total. The summed E-state index contributed by atoms with van der Waals surface area (Å²) < 4.78 is 11.4. The minimum atomic E-state index is -0.917. The van der Waals surface area contributed by atoms with Crippen LogP contribution in [0.1, 0.15) is 18.1 Å². The molecule has 0 aliphatic rings. The first kappa shape index (κ1) is 19.0. The van der Waals surface area contributed by atoms with Crippen LogP contribution in [-0.4, -0.2) is 24.6 Å². The fourth-order valence-electron chi connectivity index (χ4n) is 2.01.